The third-order valence-corrected chi connectivity index (χ3v) is 1.79. The molecule has 0 atom stereocenters. The summed E-state index contributed by atoms with van der Waals surface area (Å²) < 4.78 is 1.70. The van der Waals surface area contributed by atoms with Gasteiger partial charge in [0, 0.05) is 19.1 Å². The van der Waals surface area contributed by atoms with E-state index in [-0.39, 0.29) is 5.54 Å². The summed E-state index contributed by atoms with van der Waals surface area (Å²) in [7, 11) is 1.85. The van der Waals surface area contributed by atoms with Crippen LogP contribution in [0.15, 0.2) is 6.20 Å². The van der Waals surface area contributed by atoms with E-state index in [1.165, 1.54) is 0 Å². The number of nitrogens with zero attached hydrogens (tertiary/aromatic N) is 3. The van der Waals surface area contributed by atoms with Crippen LogP contribution in [0.4, 0.5) is 5.82 Å². The van der Waals surface area contributed by atoms with E-state index in [0.29, 0.717) is 0 Å². The Bertz CT molecular complexity index is 260. The maximum Gasteiger partial charge on any atom is 0.144 e. The van der Waals surface area contributed by atoms with Gasteiger partial charge in [0.25, 0.3) is 0 Å². The van der Waals surface area contributed by atoms with Gasteiger partial charge in [-0.3, -0.25) is 0 Å². The monoisotopic (exact) mass is 183 g/mol. The van der Waals surface area contributed by atoms with Crippen molar-refractivity contribution in [3.63, 3.8) is 0 Å². The maximum atomic E-state index is 5.83. The summed E-state index contributed by atoms with van der Waals surface area (Å²) in [4.78, 5) is 0. The summed E-state index contributed by atoms with van der Waals surface area (Å²) >= 11 is 0. The smallest absolute Gasteiger partial charge is 0.144 e. The molecule has 0 aromatic carbocycles. The Labute approximate surface area is 78.3 Å². The number of aryl methyl sites for hydroxylation is 1. The Kier molecular flexibility index (Phi) is 2.87. The molecule has 1 aromatic heterocycles. The molecule has 5 heteroatoms. The van der Waals surface area contributed by atoms with Crippen molar-refractivity contribution in [3.8, 4) is 0 Å². The Morgan fingerprint density at radius 1 is 1.62 bits per heavy atom. The molecule has 0 fully saturated rings. The number of nitrogens with one attached hydrogen (secondary N) is 1. The van der Waals surface area contributed by atoms with Crippen molar-refractivity contribution in [1.82, 2.24) is 15.0 Å². The van der Waals surface area contributed by atoms with E-state index in [1.54, 1.807) is 10.9 Å². The highest BCUT2D eigenvalue weighted by atomic mass is 15.4. The summed E-state index contributed by atoms with van der Waals surface area (Å²) in [6.07, 6.45) is 2.61. The van der Waals surface area contributed by atoms with Crippen LogP contribution in [-0.4, -0.2) is 27.1 Å². The van der Waals surface area contributed by atoms with E-state index < -0.39 is 0 Å². The fraction of sp³-hybridized carbons (Fsp3) is 0.750. The fourth-order valence-corrected chi connectivity index (χ4v) is 0.962. The second-order valence-electron chi connectivity index (χ2n) is 3.91. The van der Waals surface area contributed by atoms with Crippen molar-refractivity contribution in [2.24, 2.45) is 12.8 Å². The van der Waals surface area contributed by atoms with Crippen LogP contribution < -0.4 is 11.1 Å². The van der Waals surface area contributed by atoms with E-state index in [4.69, 9.17) is 5.73 Å². The van der Waals surface area contributed by atoms with Crippen LogP contribution in [0.5, 0.6) is 0 Å². The average Bonchev–Trinajstić information content (AvgIpc) is 2.34. The second-order valence-corrected chi connectivity index (χ2v) is 3.91. The van der Waals surface area contributed by atoms with Crippen LogP contribution in [0, 0.1) is 0 Å². The largest absolute Gasteiger partial charge is 0.369 e. The van der Waals surface area contributed by atoms with Crippen LogP contribution >= 0.6 is 0 Å². The van der Waals surface area contributed by atoms with Gasteiger partial charge >= 0.3 is 0 Å². The zero-order valence-electron chi connectivity index (χ0n) is 8.41. The lowest BCUT2D eigenvalue weighted by molar-refractivity contribution is 0.490. The zero-order chi connectivity index (χ0) is 9.90. The molecule has 74 valence electrons. The van der Waals surface area contributed by atoms with Crippen LogP contribution in [0.1, 0.15) is 20.3 Å². The number of hydrogen-bond donors (Lipinski definition) is 2. The molecule has 0 unspecified atom stereocenters. The molecule has 0 aliphatic rings. The van der Waals surface area contributed by atoms with Gasteiger partial charge in [0.2, 0.25) is 0 Å². The molecule has 0 radical (unpaired) electrons. The van der Waals surface area contributed by atoms with Crippen molar-refractivity contribution < 1.29 is 0 Å². The predicted molar refractivity (Wildman–Crippen MR) is 52.4 cm³/mol. The number of hydrogen-bond acceptors (Lipinski definition) is 4. The van der Waals surface area contributed by atoms with Gasteiger partial charge in [-0.15, -0.1) is 5.10 Å². The van der Waals surface area contributed by atoms with Gasteiger partial charge in [-0.25, -0.2) is 4.68 Å². The average molecular weight is 183 g/mol. The quantitative estimate of drug-likeness (QED) is 0.707. The highest BCUT2D eigenvalue weighted by Crippen LogP contribution is 2.05. The molecule has 0 aliphatic heterocycles. The molecule has 0 saturated carbocycles. The van der Waals surface area contributed by atoms with Gasteiger partial charge in [-0.1, -0.05) is 5.21 Å². The summed E-state index contributed by atoms with van der Waals surface area (Å²) in [6, 6.07) is 0. The van der Waals surface area contributed by atoms with Gasteiger partial charge in [-0.05, 0) is 20.3 Å². The summed E-state index contributed by atoms with van der Waals surface area (Å²) in [5, 5.41) is 10.8. The van der Waals surface area contributed by atoms with Crippen LogP contribution in [0.25, 0.3) is 0 Å². The molecule has 5 nitrogen and oxygen atoms in total. The number of rotatable bonds is 4. The molecule has 0 saturated heterocycles. The lowest BCUT2D eigenvalue weighted by Gasteiger charge is -2.18. The van der Waals surface area contributed by atoms with E-state index in [9.17, 15) is 0 Å². The van der Waals surface area contributed by atoms with Crippen molar-refractivity contribution in [1.29, 1.82) is 0 Å². The van der Waals surface area contributed by atoms with Gasteiger partial charge in [-0.2, -0.15) is 0 Å². The van der Waals surface area contributed by atoms with Crippen LogP contribution in [-0.2, 0) is 7.05 Å². The molecule has 0 amide bonds. The van der Waals surface area contributed by atoms with E-state index in [2.05, 4.69) is 15.6 Å². The lowest BCUT2D eigenvalue weighted by Crippen LogP contribution is -2.34. The SMILES string of the molecule is Cn1nncc1NCCC(C)(C)N. The number of nitrogens with two attached hydrogens (primary N) is 1. The molecule has 0 spiro atoms. The molecule has 1 rings (SSSR count). The van der Waals surface area contributed by atoms with Crippen molar-refractivity contribution in [3.05, 3.63) is 6.20 Å². The zero-order valence-corrected chi connectivity index (χ0v) is 8.41. The van der Waals surface area contributed by atoms with Gasteiger partial charge in [0.05, 0.1) is 6.20 Å². The third-order valence-electron chi connectivity index (χ3n) is 1.79. The minimum Gasteiger partial charge on any atom is -0.369 e. The second kappa shape index (κ2) is 3.74. The Balaban J connectivity index is 2.32. The first-order valence-electron chi connectivity index (χ1n) is 4.36. The molecular weight excluding hydrogens is 166 g/mol. The Hall–Kier alpha value is -1.10. The van der Waals surface area contributed by atoms with Crippen LogP contribution in [0.2, 0.25) is 0 Å². The van der Waals surface area contributed by atoms with E-state index in [0.717, 1.165) is 18.8 Å². The fourth-order valence-electron chi connectivity index (χ4n) is 0.962. The van der Waals surface area contributed by atoms with Gasteiger partial charge in [0.1, 0.15) is 5.82 Å². The van der Waals surface area contributed by atoms with E-state index >= 15 is 0 Å². The summed E-state index contributed by atoms with van der Waals surface area (Å²) in [5.74, 6) is 0.921. The van der Waals surface area contributed by atoms with Crippen molar-refractivity contribution in [2.45, 2.75) is 25.8 Å². The molecule has 1 heterocycles. The summed E-state index contributed by atoms with van der Waals surface area (Å²) in [6.45, 7) is 4.86. The predicted octanol–water partition coefficient (Wildman–Crippen LogP) is 0.354. The molecule has 0 bridgehead atoms. The van der Waals surface area contributed by atoms with Gasteiger partial charge in [0.15, 0.2) is 0 Å². The topological polar surface area (TPSA) is 68.8 Å². The Morgan fingerprint density at radius 2 is 2.31 bits per heavy atom. The molecule has 0 aliphatic carbocycles. The molecular formula is C8H17N5. The maximum absolute atomic E-state index is 5.83. The minimum atomic E-state index is -0.126. The van der Waals surface area contributed by atoms with Gasteiger partial charge < -0.3 is 11.1 Å². The third kappa shape index (κ3) is 3.42. The molecule has 1 aromatic rings. The lowest BCUT2D eigenvalue weighted by atomic mass is 10.0. The number of anilines is 1. The summed E-state index contributed by atoms with van der Waals surface area (Å²) in [5.41, 5.74) is 5.71. The molecule has 3 N–H and O–H groups in total. The minimum absolute atomic E-state index is 0.126. The first-order valence-corrected chi connectivity index (χ1v) is 4.36. The van der Waals surface area contributed by atoms with Crippen molar-refractivity contribution in [2.75, 3.05) is 11.9 Å². The van der Waals surface area contributed by atoms with Crippen molar-refractivity contribution >= 4 is 5.82 Å². The first kappa shape index (κ1) is 9.98. The highest BCUT2D eigenvalue weighted by Gasteiger charge is 2.09. The number of aromatic nitrogens is 3. The normalized spacial score (nSPS) is 11.7. The van der Waals surface area contributed by atoms with Crippen LogP contribution in [0.3, 0.4) is 0 Å². The molecule has 13 heavy (non-hydrogen) atoms. The highest BCUT2D eigenvalue weighted by molar-refractivity contribution is 5.30. The van der Waals surface area contributed by atoms with E-state index in [1.807, 2.05) is 20.9 Å². The first-order chi connectivity index (χ1) is 5.99. The standard InChI is InChI=1S/C8H17N5/c1-8(2,9)4-5-10-7-6-11-12-13(7)3/h6,10H,4-5,9H2,1-3H3. The Morgan fingerprint density at radius 3 is 2.77 bits per heavy atom.